The zero-order valence-corrected chi connectivity index (χ0v) is 14.8. The van der Waals surface area contributed by atoms with E-state index in [4.69, 9.17) is 0 Å². The van der Waals surface area contributed by atoms with Crippen LogP contribution in [0.25, 0.3) is 0 Å². The Balaban J connectivity index is 1.98. The summed E-state index contributed by atoms with van der Waals surface area (Å²) >= 11 is 0. The van der Waals surface area contributed by atoms with Gasteiger partial charge in [0.15, 0.2) is 0 Å². The zero-order chi connectivity index (χ0) is 18.9. The number of carbonyl (C=O) groups excluding carboxylic acids is 1. The third-order valence-corrected chi connectivity index (χ3v) is 5.56. The van der Waals surface area contributed by atoms with E-state index in [9.17, 15) is 23.3 Å². The van der Waals surface area contributed by atoms with Crippen LogP contribution in [0.3, 0.4) is 0 Å². The van der Waals surface area contributed by atoms with Gasteiger partial charge in [0.25, 0.3) is 15.7 Å². The molecule has 0 bridgehead atoms. The molecule has 136 valence electrons. The molecule has 0 unspecified atom stereocenters. The molecule has 1 aliphatic heterocycles. The Labute approximate surface area is 150 Å². The van der Waals surface area contributed by atoms with Gasteiger partial charge in [-0.25, -0.2) is 8.42 Å². The Bertz CT molecular complexity index is 988. The molecule has 2 aromatic carbocycles. The van der Waals surface area contributed by atoms with Crippen molar-refractivity contribution in [2.75, 3.05) is 16.2 Å². The minimum Gasteiger partial charge on any atom is -0.310 e. The number of hydrogen-bond donors (Lipinski definition) is 1. The van der Waals surface area contributed by atoms with Crippen molar-refractivity contribution in [1.82, 2.24) is 0 Å². The number of nitro benzene ring substituents is 1. The van der Waals surface area contributed by atoms with Crippen molar-refractivity contribution in [2.24, 2.45) is 0 Å². The van der Waals surface area contributed by atoms with Crippen LogP contribution in [-0.2, 0) is 14.8 Å². The largest absolute Gasteiger partial charge is 0.310 e. The van der Waals surface area contributed by atoms with E-state index in [0.29, 0.717) is 30.6 Å². The lowest BCUT2D eigenvalue weighted by molar-refractivity contribution is -0.385. The van der Waals surface area contributed by atoms with E-state index in [-0.39, 0.29) is 22.2 Å². The third kappa shape index (κ3) is 3.38. The summed E-state index contributed by atoms with van der Waals surface area (Å²) in [4.78, 5) is 23.8. The van der Waals surface area contributed by atoms with Crippen LogP contribution in [-0.4, -0.2) is 25.8 Å². The molecule has 1 fully saturated rings. The van der Waals surface area contributed by atoms with Gasteiger partial charge in [0.2, 0.25) is 5.91 Å². The van der Waals surface area contributed by atoms with Crippen LogP contribution >= 0.6 is 0 Å². The molecule has 0 radical (unpaired) electrons. The second-order valence-corrected chi connectivity index (χ2v) is 7.66. The number of para-hydroxylation sites is 2. The Hall–Kier alpha value is -2.94. The predicted molar refractivity (Wildman–Crippen MR) is 96.7 cm³/mol. The van der Waals surface area contributed by atoms with E-state index in [1.807, 2.05) is 0 Å². The highest BCUT2D eigenvalue weighted by molar-refractivity contribution is 7.92. The van der Waals surface area contributed by atoms with E-state index >= 15 is 0 Å². The average Bonchev–Trinajstić information content (AvgIpc) is 3.01. The second kappa shape index (κ2) is 6.75. The fraction of sp³-hybridized carbons (Fsp3) is 0.235. The molecular weight excluding hydrogens is 358 g/mol. The van der Waals surface area contributed by atoms with E-state index in [1.165, 1.54) is 24.0 Å². The number of nitro groups is 1. The maximum absolute atomic E-state index is 12.7. The molecule has 1 saturated heterocycles. The van der Waals surface area contributed by atoms with Gasteiger partial charge < -0.3 is 4.90 Å². The van der Waals surface area contributed by atoms with Gasteiger partial charge in [-0.3, -0.25) is 19.6 Å². The second-order valence-electron chi connectivity index (χ2n) is 5.98. The van der Waals surface area contributed by atoms with E-state index in [0.717, 1.165) is 6.07 Å². The Morgan fingerprint density at radius 2 is 1.92 bits per heavy atom. The fourth-order valence-corrected chi connectivity index (χ4v) is 3.95. The molecule has 0 saturated carbocycles. The maximum Gasteiger partial charge on any atom is 0.273 e. The summed E-state index contributed by atoms with van der Waals surface area (Å²) in [7, 11) is -4.05. The summed E-state index contributed by atoms with van der Waals surface area (Å²) in [6.45, 7) is 2.06. The average molecular weight is 375 g/mol. The van der Waals surface area contributed by atoms with Crippen molar-refractivity contribution in [3.8, 4) is 0 Å². The lowest BCUT2D eigenvalue weighted by atomic mass is 10.2. The van der Waals surface area contributed by atoms with Crippen molar-refractivity contribution < 1.29 is 18.1 Å². The number of hydrogen-bond acceptors (Lipinski definition) is 5. The number of nitrogens with one attached hydrogen (secondary N) is 1. The molecule has 2 aromatic rings. The number of aryl methyl sites for hydroxylation is 1. The molecule has 9 heteroatoms. The van der Waals surface area contributed by atoms with Crippen LogP contribution in [0.1, 0.15) is 18.4 Å². The molecule has 0 spiro atoms. The zero-order valence-electron chi connectivity index (χ0n) is 14.0. The molecule has 8 nitrogen and oxygen atoms in total. The molecule has 1 N–H and O–H groups in total. The molecule has 26 heavy (non-hydrogen) atoms. The van der Waals surface area contributed by atoms with Crippen molar-refractivity contribution in [1.29, 1.82) is 0 Å². The van der Waals surface area contributed by atoms with Gasteiger partial charge in [-0.05, 0) is 31.5 Å². The first kappa shape index (κ1) is 17.9. The molecule has 1 heterocycles. The van der Waals surface area contributed by atoms with Gasteiger partial charge in [0.05, 0.1) is 21.2 Å². The Morgan fingerprint density at radius 1 is 1.19 bits per heavy atom. The van der Waals surface area contributed by atoms with Crippen LogP contribution in [0.4, 0.5) is 17.1 Å². The number of amides is 1. The SMILES string of the molecule is Cc1ccc(S(=O)(=O)Nc2ccccc2N2CCCC2=O)cc1[N+](=O)[O-]. The number of benzene rings is 2. The number of nitrogens with zero attached hydrogens (tertiary/aromatic N) is 2. The third-order valence-electron chi connectivity index (χ3n) is 4.20. The lowest BCUT2D eigenvalue weighted by Crippen LogP contribution is -2.25. The minimum atomic E-state index is -4.05. The van der Waals surface area contributed by atoms with Gasteiger partial charge in [-0.1, -0.05) is 18.2 Å². The summed E-state index contributed by atoms with van der Waals surface area (Å²) in [5, 5.41) is 11.1. The normalized spacial score (nSPS) is 14.5. The Kier molecular flexibility index (Phi) is 4.64. The van der Waals surface area contributed by atoms with Crippen molar-refractivity contribution in [3.63, 3.8) is 0 Å². The van der Waals surface area contributed by atoms with Crippen molar-refractivity contribution in [2.45, 2.75) is 24.7 Å². The van der Waals surface area contributed by atoms with Crippen LogP contribution in [0, 0.1) is 17.0 Å². The van der Waals surface area contributed by atoms with Crippen LogP contribution in [0.5, 0.6) is 0 Å². The smallest absolute Gasteiger partial charge is 0.273 e. The van der Waals surface area contributed by atoms with E-state index in [2.05, 4.69) is 4.72 Å². The van der Waals surface area contributed by atoms with Crippen LogP contribution in [0.2, 0.25) is 0 Å². The van der Waals surface area contributed by atoms with Crippen molar-refractivity contribution in [3.05, 3.63) is 58.1 Å². The van der Waals surface area contributed by atoms with Gasteiger partial charge in [-0.2, -0.15) is 0 Å². The molecule has 0 aromatic heterocycles. The maximum atomic E-state index is 12.7. The fourth-order valence-electron chi connectivity index (χ4n) is 2.85. The first-order valence-corrected chi connectivity index (χ1v) is 9.45. The van der Waals surface area contributed by atoms with E-state index < -0.39 is 14.9 Å². The molecule has 3 rings (SSSR count). The van der Waals surface area contributed by atoms with Gasteiger partial charge >= 0.3 is 0 Å². The molecular formula is C17H17N3O5S. The topological polar surface area (TPSA) is 110 Å². The lowest BCUT2D eigenvalue weighted by Gasteiger charge is -2.20. The summed E-state index contributed by atoms with van der Waals surface area (Å²) in [5.41, 5.74) is 0.832. The number of rotatable bonds is 5. The van der Waals surface area contributed by atoms with Gasteiger partial charge in [0, 0.05) is 24.6 Å². The quantitative estimate of drug-likeness (QED) is 0.638. The minimum absolute atomic E-state index is 0.0670. The van der Waals surface area contributed by atoms with E-state index in [1.54, 1.807) is 24.3 Å². The summed E-state index contributed by atoms with van der Waals surface area (Å²) < 4.78 is 27.8. The van der Waals surface area contributed by atoms with Crippen LogP contribution in [0.15, 0.2) is 47.4 Å². The highest BCUT2D eigenvalue weighted by Gasteiger charge is 2.26. The molecule has 0 atom stereocenters. The van der Waals surface area contributed by atoms with Gasteiger partial charge in [-0.15, -0.1) is 0 Å². The number of anilines is 2. The first-order chi connectivity index (χ1) is 12.3. The summed E-state index contributed by atoms with van der Waals surface area (Å²) in [6.07, 6.45) is 1.13. The highest BCUT2D eigenvalue weighted by atomic mass is 32.2. The van der Waals surface area contributed by atoms with Crippen molar-refractivity contribution >= 4 is 33.0 Å². The Morgan fingerprint density at radius 3 is 2.58 bits per heavy atom. The molecule has 1 aliphatic rings. The van der Waals surface area contributed by atoms with Gasteiger partial charge in [0.1, 0.15) is 0 Å². The summed E-state index contributed by atoms with van der Waals surface area (Å²) in [5.74, 6) is -0.0670. The predicted octanol–water partition coefficient (Wildman–Crippen LogP) is 2.83. The number of sulfonamides is 1. The number of carbonyl (C=O) groups is 1. The first-order valence-electron chi connectivity index (χ1n) is 7.97. The molecule has 1 amide bonds. The standard InChI is InChI=1S/C17H17N3O5S/c1-12-8-9-13(11-16(12)20(22)23)26(24,25)18-14-5-2-3-6-15(14)19-10-4-7-17(19)21/h2-3,5-6,8-9,11,18H,4,7,10H2,1H3. The van der Waals surface area contributed by atoms with Crippen LogP contribution < -0.4 is 9.62 Å². The highest BCUT2D eigenvalue weighted by Crippen LogP contribution is 2.31. The molecule has 0 aliphatic carbocycles. The summed E-state index contributed by atoms with van der Waals surface area (Å²) in [6, 6.07) is 10.3. The monoisotopic (exact) mass is 375 g/mol.